The van der Waals surface area contributed by atoms with Gasteiger partial charge in [0, 0.05) is 0 Å². The Morgan fingerprint density at radius 2 is 2.13 bits per heavy atom. The molecular formula is C9H14F3NO2. The van der Waals surface area contributed by atoms with Gasteiger partial charge >= 0.3 is 6.18 Å². The second-order valence-corrected chi connectivity index (χ2v) is 3.75. The molecule has 3 nitrogen and oxygen atoms in total. The van der Waals surface area contributed by atoms with Crippen LogP contribution in [0.5, 0.6) is 0 Å². The van der Waals surface area contributed by atoms with Crippen LogP contribution >= 0.6 is 0 Å². The first kappa shape index (κ1) is 12.3. The lowest BCUT2D eigenvalue weighted by atomic mass is 10.3. The highest BCUT2D eigenvalue weighted by Crippen LogP contribution is 2.29. The summed E-state index contributed by atoms with van der Waals surface area (Å²) in [5.41, 5.74) is 0. The second-order valence-electron chi connectivity index (χ2n) is 3.75. The van der Waals surface area contributed by atoms with Gasteiger partial charge in [-0.25, -0.2) is 0 Å². The van der Waals surface area contributed by atoms with Crippen LogP contribution in [0.15, 0.2) is 0 Å². The van der Waals surface area contributed by atoms with Crippen molar-refractivity contribution in [3.05, 3.63) is 0 Å². The molecule has 1 rings (SSSR count). The molecule has 0 aromatic heterocycles. The van der Waals surface area contributed by atoms with Gasteiger partial charge in [0.15, 0.2) is 0 Å². The van der Waals surface area contributed by atoms with Crippen molar-refractivity contribution in [3.8, 4) is 0 Å². The molecule has 1 amide bonds. The summed E-state index contributed by atoms with van der Waals surface area (Å²) in [6, 6.07) is 0. The number of ether oxygens (including phenoxy) is 1. The van der Waals surface area contributed by atoms with E-state index in [0.29, 0.717) is 12.5 Å². The van der Waals surface area contributed by atoms with Crippen molar-refractivity contribution in [1.82, 2.24) is 5.32 Å². The highest BCUT2D eigenvalue weighted by molar-refractivity contribution is 5.80. The predicted molar refractivity (Wildman–Crippen MR) is 47.2 cm³/mol. The molecule has 1 aliphatic rings. The van der Waals surface area contributed by atoms with Crippen LogP contribution in [-0.2, 0) is 9.53 Å². The lowest BCUT2D eigenvalue weighted by Crippen LogP contribution is -2.40. The third-order valence-electron chi connectivity index (χ3n) is 2.11. The van der Waals surface area contributed by atoms with Crippen molar-refractivity contribution in [2.75, 3.05) is 13.2 Å². The highest BCUT2D eigenvalue weighted by atomic mass is 19.4. The van der Waals surface area contributed by atoms with Crippen LogP contribution in [0, 0.1) is 5.92 Å². The molecule has 15 heavy (non-hydrogen) atoms. The van der Waals surface area contributed by atoms with E-state index in [-0.39, 0.29) is 0 Å². The molecule has 1 fully saturated rings. The second kappa shape index (κ2) is 4.83. The van der Waals surface area contributed by atoms with E-state index < -0.39 is 24.7 Å². The Kier molecular flexibility index (Phi) is 3.96. The molecule has 0 heterocycles. The Morgan fingerprint density at radius 3 is 2.60 bits per heavy atom. The Hall–Kier alpha value is -0.780. The fourth-order valence-electron chi connectivity index (χ4n) is 0.972. The summed E-state index contributed by atoms with van der Waals surface area (Å²) in [6.45, 7) is 0.609. The maximum Gasteiger partial charge on any atom is 0.405 e. The molecule has 0 aromatic carbocycles. The Labute approximate surface area is 86.0 Å². The number of hydrogen-bond acceptors (Lipinski definition) is 2. The summed E-state index contributed by atoms with van der Waals surface area (Å²) >= 11 is 0. The molecule has 6 heteroatoms. The quantitative estimate of drug-likeness (QED) is 0.769. The minimum Gasteiger partial charge on any atom is -0.368 e. The maximum atomic E-state index is 11.7. The van der Waals surface area contributed by atoms with Gasteiger partial charge in [0.05, 0.1) is 6.61 Å². The van der Waals surface area contributed by atoms with Gasteiger partial charge in [-0.2, -0.15) is 13.2 Å². The molecule has 0 bridgehead atoms. The van der Waals surface area contributed by atoms with E-state index in [2.05, 4.69) is 0 Å². The first-order chi connectivity index (χ1) is 6.88. The van der Waals surface area contributed by atoms with E-state index in [1.54, 1.807) is 5.32 Å². The van der Waals surface area contributed by atoms with Crippen molar-refractivity contribution in [1.29, 1.82) is 0 Å². The molecule has 1 aliphatic carbocycles. The van der Waals surface area contributed by atoms with Crippen molar-refractivity contribution in [2.24, 2.45) is 5.92 Å². The summed E-state index contributed by atoms with van der Waals surface area (Å²) in [5.74, 6) is -0.226. The van der Waals surface area contributed by atoms with Gasteiger partial charge in [0.2, 0.25) is 5.91 Å². The SMILES string of the molecule is CC(OCC1CC1)C(=O)NCC(F)(F)F. The van der Waals surface area contributed by atoms with Crippen LogP contribution in [0.2, 0.25) is 0 Å². The van der Waals surface area contributed by atoms with E-state index in [4.69, 9.17) is 4.74 Å². The standard InChI is InChI=1S/C9H14F3NO2/c1-6(15-4-7-2-3-7)8(14)13-5-9(10,11)12/h6-7H,2-5H2,1H3,(H,13,14). The number of alkyl halides is 3. The van der Waals surface area contributed by atoms with Crippen LogP contribution in [0.4, 0.5) is 13.2 Å². The normalized spacial score (nSPS) is 18.7. The molecule has 0 saturated heterocycles. The number of halogens is 3. The fourth-order valence-corrected chi connectivity index (χ4v) is 0.972. The van der Waals surface area contributed by atoms with Crippen LogP contribution in [0.1, 0.15) is 19.8 Å². The molecule has 88 valence electrons. The molecule has 1 saturated carbocycles. The number of rotatable bonds is 5. The van der Waals surface area contributed by atoms with E-state index in [1.807, 2.05) is 0 Å². The van der Waals surface area contributed by atoms with Crippen LogP contribution in [0.25, 0.3) is 0 Å². The molecule has 0 aromatic rings. The molecule has 0 spiro atoms. The van der Waals surface area contributed by atoms with E-state index >= 15 is 0 Å². The summed E-state index contributed by atoms with van der Waals surface area (Å²) in [7, 11) is 0. The zero-order chi connectivity index (χ0) is 11.5. The summed E-state index contributed by atoms with van der Waals surface area (Å²) < 4.78 is 40.4. The molecular weight excluding hydrogens is 211 g/mol. The maximum absolute atomic E-state index is 11.7. The number of nitrogens with one attached hydrogen (secondary N) is 1. The molecule has 0 radical (unpaired) electrons. The van der Waals surface area contributed by atoms with Crippen molar-refractivity contribution in [3.63, 3.8) is 0 Å². The van der Waals surface area contributed by atoms with Gasteiger partial charge in [-0.05, 0) is 25.7 Å². The summed E-state index contributed by atoms with van der Waals surface area (Å²) in [6.07, 6.45) is -3.02. The lowest BCUT2D eigenvalue weighted by Gasteiger charge is -2.14. The highest BCUT2D eigenvalue weighted by Gasteiger charge is 2.29. The number of amides is 1. The Morgan fingerprint density at radius 1 is 1.53 bits per heavy atom. The fraction of sp³-hybridized carbons (Fsp3) is 0.889. The van der Waals surface area contributed by atoms with Crippen LogP contribution in [-0.4, -0.2) is 31.3 Å². The van der Waals surface area contributed by atoms with Crippen LogP contribution in [0.3, 0.4) is 0 Å². The average Bonchev–Trinajstić information content (AvgIpc) is 2.92. The van der Waals surface area contributed by atoms with Crippen molar-refractivity contribution < 1.29 is 22.7 Å². The van der Waals surface area contributed by atoms with Gasteiger partial charge in [-0.15, -0.1) is 0 Å². The monoisotopic (exact) mass is 225 g/mol. The number of hydrogen-bond donors (Lipinski definition) is 1. The average molecular weight is 225 g/mol. The van der Waals surface area contributed by atoms with Gasteiger partial charge in [-0.3, -0.25) is 4.79 Å². The predicted octanol–water partition coefficient (Wildman–Crippen LogP) is 1.48. The van der Waals surface area contributed by atoms with Gasteiger partial charge in [0.25, 0.3) is 0 Å². The largest absolute Gasteiger partial charge is 0.405 e. The number of carbonyl (C=O) groups excluding carboxylic acids is 1. The molecule has 1 atom stereocenters. The minimum atomic E-state index is -4.37. The topological polar surface area (TPSA) is 38.3 Å². The van der Waals surface area contributed by atoms with Gasteiger partial charge in [0.1, 0.15) is 12.6 Å². The molecule has 1 N–H and O–H groups in total. The Balaban J connectivity index is 2.14. The summed E-state index contributed by atoms with van der Waals surface area (Å²) in [4.78, 5) is 11.1. The third-order valence-corrected chi connectivity index (χ3v) is 2.11. The summed E-state index contributed by atoms with van der Waals surface area (Å²) in [5, 5.41) is 1.78. The van der Waals surface area contributed by atoms with E-state index in [0.717, 1.165) is 12.8 Å². The molecule has 0 aliphatic heterocycles. The first-order valence-electron chi connectivity index (χ1n) is 4.84. The minimum absolute atomic E-state index is 0.459. The zero-order valence-corrected chi connectivity index (χ0v) is 8.43. The molecule has 1 unspecified atom stereocenters. The first-order valence-corrected chi connectivity index (χ1v) is 4.84. The van der Waals surface area contributed by atoms with Crippen LogP contribution < -0.4 is 5.32 Å². The zero-order valence-electron chi connectivity index (χ0n) is 8.43. The van der Waals surface area contributed by atoms with E-state index in [9.17, 15) is 18.0 Å². The van der Waals surface area contributed by atoms with Gasteiger partial charge < -0.3 is 10.1 Å². The van der Waals surface area contributed by atoms with Gasteiger partial charge in [-0.1, -0.05) is 0 Å². The van der Waals surface area contributed by atoms with Crippen molar-refractivity contribution >= 4 is 5.91 Å². The Bertz CT molecular complexity index is 226. The third kappa shape index (κ3) is 5.61. The van der Waals surface area contributed by atoms with E-state index in [1.165, 1.54) is 6.92 Å². The smallest absolute Gasteiger partial charge is 0.368 e. The lowest BCUT2D eigenvalue weighted by molar-refractivity contribution is -0.145. The number of carbonyl (C=O) groups is 1. The van der Waals surface area contributed by atoms with Crippen molar-refractivity contribution in [2.45, 2.75) is 32.0 Å².